The van der Waals surface area contributed by atoms with Crippen molar-refractivity contribution in [3.8, 4) is 5.82 Å². The Kier molecular flexibility index (Phi) is 2.20. The predicted octanol–water partition coefficient (Wildman–Crippen LogP) is 2.26. The van der Waals surface area contributed by atoms with Crippen molar-refractivity contribution in [1.82, 2.24) is 19.7 Å². The number of aromatic nitrogens is 4. The number of para-hydroxylation sites is 2. The molecule has 4 aromatic rings. The first-order valence-corrected chi connectivity index (χ1v) is 6.25. The van der Waals surface area contributed by atoms with E-state index in [1.165, 1.54) is 4.57 Å². The quantitative estimate of drug-likeness (QED) is 0.572. The second-order valence-corrected chi connectivity index (χ2v) is 4.55. The lowest BCUT2D eigenvalue weighted by Gasteiger charge is -2.03. The average Bonchev–Trinajstić information content (AvgIpc) is 2.90. The number of aromatic amines is 1. The van der Waals surface area contributed by atoms with Gasteiger partial charge in [-0.25, -0.2) is 9.36 Å². The molecule has 0 amide bonds. The van der Waals surface area contributed by atoms with Gasteiger partial charge in [-0.1, -0.05) is 30.3 Å². The highest BCUT2D eigenvalue weighted by molar-refractivity contribution is 5.86. The molecule has 5 nitrogen and oxygen atoms in total. The highest BCUT2D eigenvalue weighted by atomic mass is 16.1. The second kappa shape index (κ2) is 4.03. The Morgan fingerprint density at radius 3 is 2.75 bits per heavy atom. The molecule has 0 saturated carbocycles. The topological polar surface area (TPSA) is 63.6 Å². The molecule has 0 fully saturated rings. The maximum absolute atomic E-state index is 12.2. The van der Waals surface area contributed by atoms with Crippen molar-refractivity contribution in [3.05, 3.63) is 65.2 Å². The van der Waals surface area contributed by atoms with Crippen LogP contribution in [0.2, 0.25) is 0 Å². The summed E-state index contributed by atoms with van der Waals surface area (Å²) in [5.41, 5.74) is 1.25. The van der Waals surface area contributed by atoms with E-state index in [0.29, 0.717) is 11.3 Å². The summed E-state index contributed by atoms with van der Waals surface area (Å²) in [7, 11) is 0. The lowest BCUT2D eigenvalue weighted by molar-refractivity contribution is 0.892. The van der Waals surface area contributed by atoms with Crippen LogP contribution in [0.3, 0.4) is 0 Å². The first-order chi connectivity index (χ1) is 9.83. The molecule has 20 heavy (non-hydrogen) atoms. The number of hydrogen-bond donors (Lipinski definition) is 1. The minimum absolute atomic E-state index is 0.332. The molecular formula is C15H10N4O. The van der Waals surface area contributed by atoms with Crippen molar-refractivity contribution < 1.29 is 0 Å². The van der Waals surface area contributed by atoms with E-state index in [-0.39, 0.29) is 5.69 Å². The standard InChI is InChI=1S/C15H10N4O/c20-15-16-12-7-3-1-5-10(12)9-19(15)14-11-6-2-4-8-13(11)17-18-14/h1-9H,(H,17,18). The SMILES string of the molecule is O=c1nc2ccccc2cn1-c1n[nH]c2ccccc12. The maximum atomic E-state index is 12.2. The summed E-state index contributed by atoms with van der Waals surface area (Å²) in [6.07, 6.45) is 1.77. The molecule has 0 aliphatic rings. The smallest absolute Gasteiger partial charge is 0.276 e. The van der Waals surface area contributed by atoms with Crippen LogP contribution < -0.4 is 5.69 Å². The second-order valence-electron chi connectivity index (χ2n) is 4.55. The third kappa shape index (κ3) is 1.53. The Hall–Kier alpha value is -2.95. The van der Waals surface area contributed by atoms with E-state index in [0.717, 1.165) is 16.3 Å². The minimum atomic E-state index is -0.332. The molecule has 2 heterocycles. The van der Waals surface area contributed by atoms with Gasteiger partial charge in [0.2, 0.25) is 0 Å². The van der Waals surface area contributed by atoms with Crippen molar-refractivity contribution in [2.45, 2.75) is 0 Å². The van der Waals surface area contributed by atoms with Gasteiger partial charge in [0, 0.05) is 17.0 Å². The number of nitrogens with zero attached hydrogens (tertiary/aromatic N) is 3. The van der Waals surface area contributed by atoms with Crippen molar-refractivity contribution in [3.63, 3.8) is 0 Å². The Bertz CT molecular complexity index is 984. The third-order valence-electron chi connectivity index (χ3n) is 3.31. The van der Waals surface area contributed by atoms with Crippen LogP contribution in [0.4, 0.5) is 0 Å². The molecule has 0 aliphatic heterocycles. The maximum Gasteiger partial charge on any atom is 0.353 e. The molecule has 0 spiro atoms. The summed E-state index contributed by atoms with van der Waals surface area (Å²) in [5.74, 6) is 0.573. The summed E-state index contributed by atoms with van der Waals surface area (Å²) in [6.45, 7) is 0. The van der Waals surface area contributed by atoms with E-state index in [2.05, 4.69) is 15.2 Å². The van der Waals surface area contributed by atoms with E-state index < -0.39 is 0 Å². The molecule has 0 unspecified atom stereocenters. The van der Waals surface area contributed by atoms with E-state index in [1.807, 2.05) is 48.5 Å². The zero-order chi connectivity index (χ0) is 13.5. The number of nitrogens with one attached hydrogen (secondary N) is 1. The highest BCUT2D eigenvalue weighted by Gasteiger charge is 2.10. The van der Waals surface area contributed by atoms with Crippen LogP contribution in [0, 0.1) is 0 Å². The van der Waals surface area contributed by atoms with Crippen molar-refractivity contribution in [2.24, 2.45) is 0 Å². The fraction of sp³-hybridized carbons (Fsp3) is 0. The van der Waals surface area contributed by atoms with Gasteiger partial charge in [-0.15, -0.1) is 0 Å². The molecule has 4 rings (SSSR count). The molecule has 1 N–H and O–H groups in total. The Morgan fingerprint density at radius 1 is 1.00 bits per heavy atom. The van der Waals surface area contributed by atoms with Gasteiger partial charge in [0.05, 0.1) is 11.0 Å². The number of benzene rings is 2. The molecule has 2 aromatic carbocycles. The van der Waals surface area contributed by atoms with Crippen LogP contribution in [0.5, 0.6) is 0 Å². The van der Waals surface area contributed by atoms with Crippen molar-refractivity contribution >= 4 is 21.8 Å². The minimum Gasteiger partial charge on any atom is -0.276 e. The highest BCUT2D eigenvalue weighted by Crippen LogP contribution is 2.18. The summed E-state index contributed by atoms with van der Waals surface area (Å²) in [4.78, 5) is 16.3. The average molecular weight is 262 g/mol. The molecule has 0 aliphatic carbocycles. The first-order valence-electron chi connectivity index (χ1n) is 6.25. The largest absolute Gasteiger partial charge is 0.353 e. The van der Waals surface area contributed by atoms with Gasteiger partial charge in [0.25, 0.3) is 0 Å². The lowest BCUT2D eigenvalue weighted by atomic mass is 10.2. The molecule has 0 saturated heterocycles. The Balaban J connectivity index is 2.07. The lowest BCUT2D eigenvalue weighted by Crippen LogP contribution is -2.21. The summed E-state index contributed by atoms with van der Waals surface area (Å²) in [6, 6.07) is 15.2. The van der Waals surface area contributed by atoms with Crippen LogP contribution in [0.15, 0.2) is 59.5 Å². The Labute approximate surface area is 113 Å². The van der Waals surface area contributed by atoms with Crippen molar-refractivity contribution in [1.29, 1.82) is 0 Å². The number of fused-ring (bicyclic) bond motifs is 2. The van der Waals surface area contributed by atoms with Gasteiger partial charge in [0.15, 0.2) is 5.82 Å². The summed E-state index contributed by atoms with van der Waals surface area (Å²) in [5, 5.41) is 8.95. The molecule has 2 aromatic heterocycles. The van der Waals surface area contributed by atoms with Gasteiger partial charge in [0.1, 0.15) is 0 Å². The van der Waals surface area contributed by atoms with Crippen LogP contribution in [-0.2, 0) is 0 Å². The number of hydrogen-bond acceptors (Lipinski definition) is 3. The fourth-order valence-corrected chi connectivity index (χ4v) is 2.33. The van der Waals surface area contributed by atoms with Gasteiger partial charge in [-0.3, -0.25) is 5.10 Å². The van der Waals surface area contributed by atoms with E-state index in [4.69, 9.17) is 0 Å². The fourth-order valence-electron chi connectivity index (χ4n) is 2.33. The molecule has 0 bridgehead atoms. The predicted molar refractivity (Wildman–Crippen MR) is 77.0 cm³/mol. The molecule has 0 radical (unpaired) electrons. The van der Waals surface area contributed by atoms with Crippen LogP contribution >= 0.6 is 0 Å². The number of rotatable bonds is 1. The van der Waals surface area contributed by atoms with Crippen LogP contribution in [0.1, 0.15) is 0 Å². The Morgan fingerprint density at radius 2 is 1.80 bits per heavy atom. The summed E-state index contributed by atoms with van der Waals surface area (Å²) < 4.78 is 1.47. The molecular weight excluding hydrogens is 252 g/mol. The summed E-state index contributed by atoms with van der Waals surface area (Å²) >= 11 is 0. The molecule has 5 heteroatoms. The van der Waals surface area contributed by atoms with Gasteiger partial charge in [-0.05, 0) is 18.2 Å². The zero-order valence-corrected chi connectivity index (χ0v) is 10.4. The van der Waals surface area contributed by atoms with E-state index in [1.54, 1.807) is 6.20 Å². The number of H-pyrrole nitrogens is 1. The van der Waals surface area contributed by atoms with Gasteiger partial charge in [-0.2, -0.15) is 10.1 Å². The monoisotopic (exact) mass is 262 g/mol. The van der Waals surface area contributed by atoms with E-state index >= 15 is 0 Å². The van der Waals surface area contributed by atoms with Gasteiger partial charge < -0.3 is 0 Å². The normalized spacial score (nSPS) is 11.2. The van der Waals surface area contributed by atoms with Crippen LogP contribution in [-0.4, -0.2) is 19.7 Å². The molecule has 0 atom stereocenters. The van der Waals surface area contributed by atoms with E-state index in [9.17, 15) is 4.79 Å². The zero-order valence-electron chi connectivity index (χ0n) is 10.4. The molecule has 96 valence electrons. The van der Waals surface area contributed by atoms with Gasteiger partial charge >= 0.3 is 5.69 Å². The first kappa shape index (κ1) is 10.9. The van der Waals surface area contributed by atoms with Crippen LogP contribution in [0.25, 0.3) is 27.6 Å². The third-order valence-corrected chi connectivity index (χ3v) is 3.31. The van der Waals surface area contributed by atoms with Crippen molar-refractivity contribution in [2.75, 3.05) is 0 Å².